The zero-order valence-electron chi connectivity index (χ0n) is 14.9. The predicted octanol–water partition coefficient (Wildman–Crippen LogP) is 1.35. The lowest BCUT2D eigenvalue weighted by Crippen LogP contribution is -2.42. The number of nitrogens with zero attached hydrogens (tertiary/aromatic N) is 4. The fraction of sp³-hybridized carbons (Fsp3) is 0.556. The highest BCUT2D eigenvalue weighted by atomic mass is 16.2. The van der Waals surface area contributed by atoms with Gasteiger partial charge in [0.25, 0.3) is 0 Å². The lowest BCUT2D eigenvalue weighted by molar-refractivity contribution is -0.133. The summed E-state index contributed by atoms with van der Waals surface area (Å²) in [4.78, 5) is 29.7. The first kappa shape index (κ1) is 17.4. The predicted molar refractivity (Wildman–Crippen MR) is 94.0 cm³/mol. The van der Waals surface area contributed by atoms with Gasteiger partial charge in [-0.2, -0.15) is 5.10 Å². The van der Waals surface area contributed by atoms with Crippen LogP contribution in [0.1, 0.15) is 37.4 Å². The number of amides is 2. The van der Waals surface area contributed by atoms with Gasteiger partial charge in [-0.3, -0.25) is 9.59 Å². The van der Waals surface area contributed by atoms with Crippen LogP contribution in [0.4, 0.5) is 0 Å². The molecule has 134 valence electrons. The second kappa shape index (κ2) is 7.63. The summed E-state index contributed by atoms with van der Waals surface area (Å²) in [7, 11) is 0. The van der Waals surface area contributed by atoms with Crippen molar-refractivity contribution in [2.45, 2.75) is 39.5 Å². The smallest absolute Gasteiger partial charge is 0.223 e. The van der Waals surface area contributed by atoms with Crippen LogP contribution < -0.4 is 5.32 Å². The molecular weight excluding hydrogens is 318 g/mol. The first-order valence-corrected chi connectivity index (χ1v) is 8.87. The highest BCUT2D eigenvalue weighted by molar-refractivity contribution is 5.79. The van der Waals surface area contributed by atoms with E-state index in [1.807, 2.05) is 30.3 Å². The molecule has 7 nitrogen and oxygen atoms in total. The van der Waals surface area contributed by atoms with Gasteiger partial charge in [-0.25, -0.2) is 9.50 Å². The van der Waals surface area contributed by atoms with Crippen molar-refractivity contribution in [1.29, 1.82) is 0 Å². The summed E-state index contributed by atoms with van der Waals surface area (Å²) in [5.41, 5.74) is 2.92. The van der Waals surface area contributed by atoms with Crippen molar-refractivity contribution in [3.8, 4) is 0 Å². The Hall–Kier alpha value is -2.44. The Morgan fingerprint density at radius 1 is 1.32 bits per heavy atom. The minimum atomic E-state index is 0.0284. The summed E-state index contributed by atoms with van der Waals surface area (Å²) >= 11 is 0. The Morgan fingerprint density at radius 2 is 2.08 bits per heavy atom. The average Bonchev–Trinajstić information content (AvgIpc) is 2.98. The summed E-state index contributed by atoms with van der Waals surface area (Å²) in [5.74, 6) is 0.233. The van der Waals surface area contributed by atoms with Gasteiger partial charge in [-0.1, -0.05) is 0 Å². The van der Waals surface area contributed by atoms with Crippen molar-refractivity contribution in [2.75, 3.05) is 19.6 Å². The van der Waals surface area contributed by atoms with Crippen molar-refractivity contribution in [3.63, 3.8) is 0 Å². The molecule has 2 aromatic heterocycles. The summed E-state index contributed by atoms with van der Waals surface area (Å²) in [6.45, 7) is 5.55. The number of likely N-dealkylation sites (tertiary alicyclic amines) is 1. The van der Waals surface area contributed by atoms with Crippen molar-refractivity contribution in [3.05, 3.63) is 29.7 Å². The quantitative estimate of drug-likeness (QED) is 0.831. The molecular formula is C18H25N5O2. The molecule has 1 aliphatic heterocycles. The Labute approximate surface area is 147 Å². The third kappa shape index (κ3) is 4.35. The molecule has 1 saturated heterocycles. The van der Waals surface area contributed by atoms with Gasteiger partial charge in [0, 0.05) is 50.9 Å². The molecule has 0 bridgehead atoms. The molecule has 1 fully saturated rings. The Morgan fingerprint density at radius 3 is 2.80 bits per heavy atom. The molecule has 1 N–H and O–H groups in total. The molecule has 7 heteroatoms. The van der Waals surface area contributed by atoms with E-state index in [1.54, 1.807) is 11.4 Å². The standard InChI is InChI=1S/C18H25N5O2/c1-13-10-17-20-11-15(12-23(17)21-13)4-3-7-19-18(25)16-5-8-22(9-6-16)14(2)24/h10-12,16H,3-9H2,1-2H3,(H,19,25). The molecule has 0 aromatic carbocycles. The molecule has 25 heavy (non-hydrogen) atoms. The average molecular weight is 343 g/mol. The number of nitrogens with one attached hydrogen (secondary N) is 1. The largest absolute Gasteiger partial charge is 0.356 e. The maximum Gasteiger partial charge on any atom is 0.223 e. The number of aromatic nitrogens is 3. The molecule has 2 amide bonds. The molecule has 3 heterocycles. The molecule has 0 saturated carbocycles. The van der Waals surface area contributed by atoms with Crippen molar-refractivity contribution in [2.24, 2.45) is 5.92 Å². The van der Waals surface area contributed by atoms with Gasteiger partial charge in [0.1, 0.15) is 0 Å². The van der Waals surface area contributed by atoms with Crippen LogP contribution in [0.5, 0.6) is 0 Å². The van der Waals surface area contributed by atoms with Gasteiger partial charge in [-0.05, 0) is 38.2 Å². The lowest BCUT2D eigenvalue weighted by atomic mass is 9.96. The molecule has 0 spiro atoms. The van der Waals surface area contributed by atoms with Crippen molar-refractivity contribution < 1.29 is 9.59 Å². The highest BCUT2D eigenvalue weighted by Gasteiger charge is 2.25. The number of carbonyl (C=O) groups excluding carboxylic acids is 2. The molecule has 0 aliphatic carbocycles. The third-order valence-electron chi connectivity index (χ3n) is 4.74. The molecule has 2 aromatic rings. The van der Waals surface area contributed by atoms with E-state index in [0.717, 1.165) is 42.6 Å². The zero-order chi connectivity index (χ0) is 17.8. The minimum Gasteiger partial charge on any atom is -0.356 e. The molecule has 0 radical (unpaired) electrons. The van der Waals surface area contributed by atoms with E-state index in [9.17, 15) is 9.59 Å². The molecule has 1 aliphatic rings. The van der Waals surface area contributed by atoms with Gasteiger partial charge >= 0.3 is 0 Å². The third-order valence-corrected chi connectivity index (χ3v) is 4.74. The number of carbonyl (C=O) groups is 2. The number of hydrogen-bond donors (Lipinski definition) is 1. The number of fused-ring (bicyclic) bond motifs is 1. The Kier molecular flexibility index (Phi) is 5.31. The fourth-order valence-electron chi connectivity index (χ4n) is 3.27. The SMILES string of the molecule is CC(=O)N1CCC(C(=O)NCCCc2cnc3cc(C)nn3c2)CC1. The summed E-state index contributed by atoms with van der Waals surface area (Å²) in [6, 6.07) is 1.95. The fourth-order valence-corrected chi connectivity index (χ4v) is 3.27. The van der Waals surface area contributed by atoms with Gasteiger partial charge < -0.3 is 10.2 Å². The van der Waals surface area contributed by atoms with Gasteiger partial charge in [-0.15, -0.1) is 0 Å². The first-order valence-electron chi connectivity index (χ1n) is 8.87. The van der Waals surface area contributed by atoms with Gasteiger partial charge in [0.2, 0.25) is 11.8 Å². The van der Waals surface area contributed by atoms with E-state index in [0.29, 0.717) is 19.6 Å². The molecule has 0 unspecified atom stereocenters. The minimum absolute atomic E-state index is 0.0284. The maximum atomic E-state index is 12.2. The second-order valence-electron chi connectivity index (χ2n) is 6.73. The summed E-state index contributed by atoms with van der Waals surface area (Å²) < 4.78 is 1.80. The lowest BCUT2D eigenvalue weighted by Gasteiger charge is -2.30. The highest BCUT2D eigenvalue weighted by Crippen LogP contribution is 2.17. The maximum absolute atomic E-state index is 12.2. The van der Waals surface area contributed by atoms with Crippen LogP contribution in [-0.2, 0) is 16.0 Å². The van der Waals surface area contributed by atoms with Crippen molar-refractivity contribution in [1.82, 2.24) is 24.8 Å². The number of hydrogen-bond acceptors (Lipinski definition) is 4. The molecule has 0 atom stereocenters. The van der Waals surface area contributed by atoms with Crippen LogP contribution in [0.3, 0.4) is 0 Å². The van der Waals surface area contributed by atoms with E-state index in [4.69, 9.17) is 0 Å². The van der Waals surface area contributed by atoms with E-state index in [-0.39, 0.29) is 17.7 Å². The monoisotopic (exact) mass is 343 g/mol. The summed E-state index contributed by atoms with van der Waals surface area (Å²) in [5, 5.41) is 7.39. The Balaban J connectivity index is 1.40. The van der Waals surface area contributed by atoms with Crippen LogP contribution in [-0.4, -0.2) is 50.9 Å². The van der Waals surface area contributed by atoms with E-state index < -0.39 is 0 Å². The van der Waals surface area contributed by atoms with Crippen molar-refractivity contribution >= 4 is 17.5 Å². The topological polar surface area (TPSA) is 79.6 Å². The van der Waals surface area contributed by atoms with E-state index in [1.165, 1.54) is 0 Å². The summed E-state index contributed by atoms with van der Waals surface area (Å²) in [6.07, 6.45) is 7.09. The molecule has 3 rings (SSSR count). The normalized spacial score (nSPS) is 15.5. The van der Waals surface area contributed by atoms with Crippen LogP contribution in [0, 0.1) is 12.8 Å². The van der Waals surface area contributed by atoms with Gasteiger partial charge in [0.15, 0.2) is 5.65 Å². The van der Waals surface area contributed by atoms with Crippen LogP contribution >= 0.6 is 0 Å². The second-order valence-corrected chi connectivity index (χ2v) is 6.73. The zero-order valence-corrected chi connectivity index (χ0v) is 14.9. The van der Waals surface area contributed by atoms with E-state index in [2.05, 4.69) is 15.4 Å². The van der Waals surface area contributed by atoms with Crippen LogP contribution in [0.2, 0.25) is 0 Å². The first-order chi connectivity index (χ1) is 12.0. The van der Waals surface area contributed by atoms with Gasteiger partial charge in [0.05, 0.1) is 5.69 Å². The Bertz CT molecular complexity index is 762. The van der Waals surface area contributed by atoms with Crippen LogP contribution in [0.15, 0.2) is 18.5 Å². The number of piperidine rings is 1. The number of aryl methyl sites for hydroxylation is 2. The number of rotatable bonds is 5. The van der Waals surface area contributed by atoms with E-state index >= 15 is 0 Å². The van der Waals surface area contributed by atoms with Crippen LogP contribution in [0.25, 0.3) is 5.65 Å².